The predicted molar refractivity (Wildman–Crippen MR) is 65.0 cm³/mol. The third-order valence-electron chi connectivity index (χ3n) is 2.65. The first-order chi connectivity index (χ1) is 7.40. The summed E-state index contributed by atoms with van der Waals surface area (Å²) in [6.45, 7) is 8.30. The number of nitrogens with zero attached hydrogens (tertiary/aromatic N) is 1. The molecule has 0 amide bonds. The molecule has 0 spiro atoms. The van der Waals surface area contributed by atoms with Crippen molar-refractivity contribution in [1.82, 2.24) is 0 Å². The van der Waals surface area contributed by atoms with Crippen molar-refractivity contribution in [3.05, 3.63) is 40.8 Å². The first kappa shape index (κ1) is 12.7. The summed E-state index contributed by atoms with van der Waals surface area (Å²) >= 11 is 0. The van der Waals surface area contributed by atoms with E-state index in [2.05, 4.69) is 26.8 Å². The maximum Gasteiger partial charge on any atom is 0.0991 e. The monoisotopic (exact) mass is 216 g/mol. The third-order valence-corrected chi connectivity index (χ3v) is 2.65. The van der Waals surface area contributed by atoms with Gasteiger partial charge in [0.25, 0.3) is 0 Å². The molecule has 1 radical (unpaired) electrons. The van der Waals surface area contributed by atoms with Crippen LogP contribution in [0.15, 0.2) is 18.2 Å². The Hall–Kier alpha value is -1.33. The van der Waals surface area contributed by atoms with Gasteiger partial charge < -0.3 is 5.11 Å². The first-order valence-electron chi connectivity index (χ1n) is 5.38. The van der Waals surface area contributed by atoms with E-state index in [1.807, 2.05) is 25.1 Å². The Morgan fingerprint density at radius 1 is 1.38 bits per heavy atom. The maximum absolute atomic E-state index is 9.22. The zero-order valence-corrected chi connectivity index (χ0v) is 10.3. The fraction of sp³-hybridized carbons (Fsp3) is 0.429. The van der Waals surface area contributed by atoms with E-state index in [-0.39, 0.29) is 12.0 Å². The van der Waals surface area contributed by atoms with Crippen molar-refractivity contribution in [2.45, 2.75) is 33.1 Å². The Morgan fingerprint density at radius 3 is 2.44 bits per heavy atom. The van der Waals surface area contributed by atoms with Crippen LogP contribution in [0.25, 0.3) is 0 Å². The molecule has 1 aromatic carbocycles. The van der Waals surface area contributed by atoms with Crippen LogP contribution >= 0.6 is 0 Å². The molecule has 2 heteroatoms. The van der Waals surface area contributed by atoms with E-state index < -0.39 is 0 Å². The lowest BCUT2D eigenvalue weighted by molar-refractivity contribution is 0.314. The predicted octanol–water partition coefficient (Wildman–Crippen LogP) is 2.79. The summed E-state index contributed by atoms with van der Waals surface area (Å²) < 4.78 is 0. The van der Waals surface area contributed by atoms with Gasteiger partial charge in [-0.25, -0.2) is 0 Å². The van der Waals surface area contributed by atoms with Gasteiger partial charge in [-0.1, -0.05) is 33.8 Å². The minimum Gasteiger partial charge on any atom is -0.395 e. The van der Waals surface area contributed by atoms with Crippen molar-refractivity contribution in [2.24, 2.45) is 0 Å². The quantitative estimate of drug-likeness (QED) is 0.826. The van der Waals surface area contributed by atoms with Crippen LogP contribution in [-0.4, -0.2) is 11.7 Å². The van der Waals surface area contributed by atoms with Crippen LogP contribution in [0.2, 0.25) is 0 Å². The highest BCUT2D eigenvalue weighted by atomic mass is 16.3. The number of rotatable bonds is 2. The Morgan fingerprint density at radius 2 is 2.00 bits per heavy atom. The van der Waals surface area contributed by atoms with Crippen molar-refractivity contribution in [3.63, 3.8) is 0 Å². The molecule has 0 bridgehead atoms. The summed E-state index contributed by atoms with van der Waals surface area (Å²) in [6.07, 6.45) is 0. The van der Waals surface area contributed by atoms with E-state index in [0.29, 0.717) is 5.56 Å². The second-order valence-corrected chi connectivity index (χ2v) is 5.06. The maximum atomic E-state index is 9.22. The summed E-state index contributed by atoms with van der Waals surface area (Å²) in [4.78, 5) is 0. The van der Waals surface area contributed by atoms with Gasteiger partial charge in [-0.05, 0) is 28.7 Å². The molecule has 0 aliphatic heterocycles. The molecule has 0 unspecified atom stereocenters. The zero-order valence-electron chi connectivity index (χ0n) is 10.3. The van der Waals surface area contributed by atoms with Gasteiger partial charge in [0, 0.05) is 5.92 Å². The van der Waals surface area contributed by atoms with Crippen LogP contribution < -0.4 is 0 Å². The minimum atomic E-state index is 0.0136. The molecule has 2 nitrogen and oxygen atoms in total. The average Bonchev–Trinajstić information content (AvgIpc) is 2.25. The Kier molecular flexibility index (Phi) is 3.72. The topological polar surface area (TPSA) is 44.0 Å². The van der Waals surface area contributed by atoms with Crippen LogP contribution in [0.4, 0.5) is 0 Å². The van der Waals surface area contributed by atoms with E-state index in [9.17, 15) is 5.11 Å². The van der Waals surface area contributed by atoms with Gasteiger partial charge in [0.15, 0.2) is 0 Å². The number of hydrogen-bond acceptors (Lipinski definition) is 2. The van der Waals surface area contributed by atoms with Gasteiger partial charge in [0.2, 0.25) is 0 Å². The molecular formula is C14H18NO. The van der Waals surface area contributed by atoms with Crippen LogP contribution in [-0.2, 0) is 5.41 Å². The second-order valence-electron chi connectivity index (χ2n) is 5.06. The molecule has 1 N–H and O–H groups in total. The minimum absolute atomic E-state index is 0.0136. The van der Waals surface area contributed by atoms with Crippen molar-refractivity contribution >= 4 is 0 Å². The van der Waals surface area contributed by atoms with Crippen molar-refractivity contribution in [1.29, 1.82) is 5.26 Å². The van der Waals surface area contributed by atoms with Gasteiger partial charge in [0.1, 0.15) is 0 Å². The van der Waals surface area contributed by atoms with Gasteiger partial charge in [0.05, 0.1) is 18.2 Å². The highest BCUT2D eigenvalue weighted by molar-refractivity contribution is 5.47. The molecule has 0 heterocycles. The number of benzene rings is 1. The van der Waals surface area contributed by atoms with Crippen LogP contribution in [0.3, 0.4) is 0 Å². The van der Waals surface area contributed by atoms with Gasteiger partial charge >= 0.3 is 0 Å². The standard InChI is InChI=1S/C14H18NO/c1-10(9-16)12-7-11(8-15)5-6-13(12)14(2,3)4/h5-7,16H,9H2,1-4H3. The molecule has 0 aromatic heterocycles. The molecule has 1 rings (SSSR count). The van der Waals surface area contributed by atoms with Crippen LogP contribution in [0, 0.1) is 17.2 Å². The molecule has 85 valence electrons. The number of hydrogen-bond donors (Lipinski definition) is 1. The molecule has 1 aromatic rings. The Labute approximate surface area is 97.5 Å². The molecular weight excluding hydrogens is 198 g/mol. The van der Waals surface area contributed by atoms with Gasteiger partial charge in [-0.15, -0.1) is 0 Å². The van der Waals surface area contributed by atoms with Gasteiger partial charge in [-0.3, -0.25) is 0 Å². The lowest BCUT2D eigenvalue weighted by Crippen LogP contribution is -2.17. The molecule has 16 heavy (non-hydrogen) atoms. The third kappa shape index (κ3) is 2.62. The van der Waals surface area contributed by atoms with Gasteiger partial charge in [-0.2, -0.15) is 5.26 Å². The highest BCUT2D eigenvalue weighted by Gasteiger charge is 2.21. The smallest absolute Gasteiger partial charge is 0.0991 e. The number of nitriles is 1. The molecule has 0 saturated carbocycles. The summed E-state index contributed by atoms with van der Waals surface area (Å²) in [5.41, 5.74) is 2.81. The summed E-state index contributed by atoms with van der Waals surface area (Å²) in [6, 6.07) is 7.79. The molecule has 0 aliphatic carbocycles. The molecule has 0 atom stereocenters. The van der Waals surface area contributed by atoms with E-state index in [1.54, 1.807) is 0 Å². The summed E-state index contributed by atoms with van der Waals surface area (Å²) in [5.74, 6) is 0.905. The normalized spacial score (nSPS) is 11.6. The number of aliphatic hydroxyl groups excluding tert-OH is 1. The Bertz CT molecular complexity index is 410. The Balaban J connectivity index is 3.34. The summed E-state index contributed by atoms with van der Waals surface area (Å²) in [7, 11) is 0. The lowest BCUT2D eigenvalue weighted by atomic mass is 9.80. The highest BCUT2D eigenvalue weighted by Crippen LogP contribution is 2.30. The average molecular weight is 216 g/mol. The molecule has 0 fully saturated rings. The largest absolute Gasteiger partial charge is 0.395 e. The molecule has 0 aliphatic rings. The lowest BCUT2D eigenvalue weighted by Gasteiger charge is -2.25. The van der Waals surface area contributed by atoms with Crippen molar-refractivity contribution in [3.8, 4) is 6.07 Å². The van der Waals surface area contributed by atoms with E-state index >= 15 is 0 Å². The first-order valence-corrected chi connectivity index (χ1v) is 5.38. The second kappa shape index (κ2) is 4.67. The zero-order chi connectivity index (χ0) is 12.3. The number of aliphatic hydroxyl groups is 1. The molecule has 0 saturated heterocycles. The summed E-state index contributed by atoms with van der Waals surface area (Å²) in [5, 5.41) is 18.1. The van der Waals surface area contributed by atoms with E-state index in [1.165, 1.54) is 0 Å². The van der Waals surface area contributed by atoms with Crippen molar-refractivity contribution < 1.29 is 5.11 Å². The van der Waals surface area contributed by atoms with Crippen molar-refractivity contribution in [2.75, 3.05) is 6.61 Å². The fourth-order valence-electron chi connectivity index (χ4n) is 1.71. The van der Waals surface area contributed by atoms with E-state index in [4.69, 9.17) is 5.26 Å². The SMILES string of the molecule is C[C](CO)c1cc(C#N)ccc1C(C)(C)C. The van der Waals surface area contributed by atoms with E-state index in [0.717, 1.165) is 17.0 Å². The van der Waals surface area contributed by atoms with Crippen LogP contribution in [0.5, 0.6) is 0 Å². The fourth-order valence-corrected chi connectivity index (χ4v) is 1.71. The van der Waals surface area contributed by atoms with Crippen LogP contribution in [0.1, 0.15) is 44.4 Å².